The summed E-state index contributed by atoms with van der Waals surface area (Å²) in [6.45, 7) is 0.0433. The molecular weight excluding hydrogens is 267 g/mol. The van der Waals surface area contributed by atoms with Gasteiger partial charge in [-0.3, -0.25) is 0 Å². The van der Waals surface area contributed by atoms with Gasteiger partial charge in [0.15, 0.2) is 11.6 Å². The lowest BCUT2D eigenvalue weighted by Gasteiger charge is -2.10. The first kappa shape index (κ1) is 13.8. The van der Waals surface area contributed by atoms with Crippen LogP contribution in [0.15, 0.2) is 36.4 Å². The molecule has 0 saturated heterocycles. The van der Waals surface area contributed by atoms with Crippen LogP contribution < -0.4 is 4.74 Å². The number of aliphatic hydroxyl groups excluding tert-OH is 1. The maximum atomic E-state index is 14.2. The van der Waals surface area contributed by atoms with E-state index in [1.54, 1.807) is 30.3 Å². The van der Waals surface area contributed by atoms with Gasteiger partial charge in [0.05, 0.1) is 7.11 Å². The molecule has 0 aliphatic heterocycles. The second kappa shape index (κ2) is 6.04. The number of hydrogen-bond donors (Lipinski definition) is 1. The number of hydrogen-bond acceptors (Lipinski definition) is 2. The SMILES string of the molecule is COc1cccc(-c2cc(CCO)ccc2Cl)c1F. The Morgan fingerprint density at radius 2 is 2.00 bits per heavy atom. The smallest absolute Gasteiger partial charge is 0.172 e. The van der Waals surface area contributed by atoms with E-state index in [4.69, 9.17) is 21.4 Å². The van der Waals surface area contributed by atoms with E-state index in [1.807, 2.05) is 6.07 Å². The van der Waals surface area contributed by atoms with Gasteiger partial charge in [-0.25, -0.2) is 4.39 Å². The highest BCUT2D eigenvalue weighted by Gasteiger charge is 2.13. The first-order valence-electron chi connectivity index (χ1n) is 5.89. The normalized spacial score (nSPS) is 10.5. The zero-order valence-corrected chi connectivity index (χ0v) is 11.2. The van der Waals surface area contributed by atoms with Gasteiger partial charge in [0.2, 0.25) is 0 Å². The molecule has 0 bridgehead atoms. The summed E-state index contributed by atoms with van der Waals surface area (Å²) in [5.41, 5.74) is 1.90. The van der Waals surface area contributed by atoms with E-state index in [-0.39, 0.29) is 12.4 Å². The topological polar surface area (TPSA) is 29.5 Å². The molecule has 0 atom stereocenters. The van der Waals surface area contributed by atoms with E-state index in [9.17, 15) is 4.39 Å². The van der Waals surface area contributed by atoms with Gasteiger partial charge in [0.25, 0.3) is 0 Å². The van der Waals surface area contributed by atoms with Crippen molar-refractivity contribution < 1.29 is 14.2 Å². The van der Waals surface area contributed by atoms with Crippen LogP contribution >= 0.6 is 11.6 Å². The molecule has 100 valence electrons. The van der Waals surface area contributed by atoms with Crippen LogP contribution in [0.1, 0.15) is 5.56 Å². The second-order valence-electron chi connectivity index (χ2n) is 4.11. The molecule has 0 radical (unpaired) electrons. The Labute approximate surface area is 116 Å². The summed E-state index contributed by atoms with van der Waals surface area (Å²) >= 11 is 6.13. The highest BCUT2D eigenvalue weighted by Crippen LogP contribution is 2.34. The van der Waals surface area contributed by atoms with Gasteiger partial charge >= 0.3 is 0 Å². The molecule has 1 N–H and O–H groups in total. The minimum Gasteiger partial charge on any atom is -0.494 e. The molecule has 0 aromatic heterocycles. The van der Waals surface area contributed by atoms with E-state index in [2.05, 4.69) is 0 Å². The average molecular weight is 281 g/mol. The third-order valence-corrected chi connectivity index (χ3v) is 3.23. The third kappa shape index (κ3) is 2.88. The number of benzene rings is 2. The lowest BCUT2D eigenvalue weighted by atomic mass is 10.0. The predicted molar refractivity (Wildman–Crippen MR) is 74.2 cm³/mol. The molecule has 19 heavy (non-hydrogen) atoms. The fourth-order valence-corrected chi connectivity index (χ4v) is 2.16. The summed E-state index contributed by atoms with van der Waals surface area (Å²) in [5, 5.41) is 9.43. The van der Waals surface area contributed by atoms with Crippen molar-refractivity contribution in [3.63, 3.8) is 0 Å². The van der Waals surface area contributed by atoms with Gasteiger partial charge in [-0.15, -0.1) is 0 Å². The largest absolute Gasteiger partial charge is 0.494 e. The Bertz CT molecular complexity index is 584. The van der Waals surface area contributed by atoms with Gasteiger partial charge in [-0.05, 0) is 30.2 Å². The molecule has 2 aromatic carbocycles. The van der Waals surface area contributed by atoms with Crippen LogP contribution in [0.25, 0.3) is 11.1 Å². The molecule has 0 aliphatic rings. The van der Waals surface area contributed by atoms with E-state index in [0.717, 1.165) is 5.56 Å². The van der Waals surface area contributed by atoms with Crippen molar-refractivity contribution >= 4 is 11.6 Å². The van der Waals surface area contributed by atoms with Crippen molar-refractivity contribution in [1.29, 1.82) is 0 Å². The van der Waals surface area contributed by atoms with Gasteiger partial charge in [-0.1, -0.05) is 29.8 Å². The third-order valence-electron chi connectivity index (χ3n) is 2.90. The van der Waals surface area contributed by atoms with Crippen LogP contribution in [0.2, 0.25) is 5.02 Å². The molecule has 2 nitrogen and oxygen atoms in total. The van der Waals surface area contributed by atoms with Crippen molar-refractivity contribution in [3.8, 4) is 16.9 Å². The molecule has 2 rings (SSSR count). The van der Waals surface area contributed by atoms with Crippen LogP contribution in [0.4, 0.5) is 4.39 Å². The fourth-order valence-electron chi connectivity index (χ4n) is 1.94. The standard InChI is InChI=1S/C15H14ClFO2/c1-19-14-4-2-3-11(15(14)17)12-9-10(7-8-18)5-6-13(12)16/h2-6,9,18H,7-8H2,1H3. The predicted octanol–water partition coefficient (Wildman–Crippen LogP) is 3.69. The summed E-state index contributed by atoms with van der Waals surface area (Å²) in [4.78, 5) is 0. The summed E-state index contributed by atoms with van der Waals surface area (Å²) in [6, 6.07) is 10.2. The van der Waals surface area contributed by atoms with E-state index in [1.165, 1.54) is 7.11 Å². The Morgan fingerprint density at radius 3 is 2.68 bits per heavy atom. The number of halogens is 2. The maximum absolute atomic E-state index is 14.2. The van der Waals surface area contributed by atoms with E-state index in [0.29, 0.717) is 22.6 Å². The Hall–Kier alpha value is -1.58. The lowest BCUT2D eigenvalue weighted by molar-refractivity contribution is 0.299. The van der Waals surface area contributed by atoms with Gasteiger partial charge in [0.1, 0.15) is 0 Å². The van der Waals surface area contributed by atoms with Crippen molar-refractivity contribution in [1.82, 2.24) is 0 Å². The van der Waals surface area contributed by atoms with Gasteiger partial charge < -0.3 is 9.84 Å². The second-order valence-corrected chi connectivity index (χ2v) is 4.52. The van der Waals surface area contributed by atoms with Crippen LogP contribution in [0.3, 0.4) is 0 Å². The molecule has 0 spiro atoms. The molecule has 2 aromatic rings. The maximum Gasteiger partial charge on any atom is 0.172 e. The fraction of sp³-hybridized carbons (Fsp3) is 0.200. The molecule has 0 saturated carbocycles. The van der Waals surface area contributed by atoms with Crippen molar-refractivity contribution in [3.05, 3.63) is 52.8 Å². The Morgan fingerprint density at radius 1 is 1.21 bits per heavy atom. The summed E-state index contributed by atoms with van der Waals surface area (Å²) in [6.07, 6.45) is 0.510. The first-order valence-corrected chi connectivity index (χ1v) is 6.27. The minimum absolute atomic E-state index is 0.0433. The highest BCUT2D eigenvalue weighted by atomic mass is 35.5. The van der Waals surface area contributed by atoms with Crippen molar-refractivity contribution in [2.75, 3.05) is 13.7 Å². The number of rotatable bonds is 4. The lowest BCUT2D eigenvalue weighted by Crippen LogP contribution is -1.94. The van der Waals surface area contributed by atoms with Gasteiger partial charge in [-0.2, -0.15) is 0 Å². The molecule has 0 aliphatic carbocycles. The Balaban J connectivity index is 2.54. The monoisotopic (exact) mass is 280 g/mol. The quantitative estimate of drug-likeness (QED) is 0.925. The molecule has 0 unspecified atom stereocenters. The summed E-state index contributed by atoms with van der Waals surface area (Å²) < 4.78 is 19.2. The molecular formula is C15H14ClFO2. The molecule has 4 heteroatoms. The van der Waals surface area contributed by atoms with Crippen molar-refractivity contribution in [2.45, 2.75) is 6.42 Å². The van der Waals surface area contributed by atoms with E-state index < -0.39 is 5.82 Å². The highest BCUT2D eigenvalue weighted by molar-refractivity contribution is 6.33. The number of ether oxygens (including phenoxy) is 1. The molecule has 0 amide bonds. The number of methoxy groups -OCH3 is 1. The summed E-state index contributed by atoms with van der Waals surface area (Å²) in [7, 11) is 1.42. The number of aliphatic hydroxyl groups is 1. The van der Waals surface area contributed by atoms with Crippen LogP contribution in [-0.4, -0.2) is 18.8 Å². The van der Waals surface area contributed by atoms with Gasteiger partial charge in [0, 0.05) is 22.8 Å². The first-order chi connectivity index (χ1) is 9.17. The van der Waals surface area contributed by atoms with Crippen LogP contribution in [0.5, 0.6) is 5.75 Å². The average Bonchev–Trinajstić information content (AvgIpc) is 2.42. The van der Waals surface area contributed by atoms with Crippen LogP contribution in [-0.2, 0) is 6.42 Å². The molecule has 0 heterocycles. The Kier molecular flexibility index (Phi) is 4.40. The zero-order chi connectivity index (χ0) is 13.8. The van der Waals surface area contributed by atoms with Crippen LogP contribution in [0, 0.1) is 5.82 Å². The minimum atomic E-state index is -0.437. The zero-order valence-electron chi connectivity index (χ0n) is 10.5. The summed E-state index contributed by atoms with van der Waals surface area (Å²) in [5.74, 6) is -0.255. The van der Waals surface area contributed by atoms with E-state index >= 15 is 0 Å². The van der Waals surface area contributed by atoms with Crippen molar-refractivity contribution in [2.24, 2.45) is 0 Å². The molecule has 0 fully saturated rings.